The Morgan fingerprint density at radius 2 is 2.25 bits per heavy atom. The van der Waals surface area contributed by atoms with Crippen molar-refractivity contribution in [1.82, 2.24) is 9.99 Å². The molecule has 0 saturated carbocycles. The summed E-state index contributed by atoms with van der Waals surface area (Å²) in [4.78, 5) is 15.6. The van der Waals surface area contributed by atoms with Crippen LogP contribution >= 0.6 is 11.3 Å². The fourth-order valence-electron chi connectivity index (χ4n) is 1.45. The molecule has 88 valence electrons. The molecule has 16 heavy (non-hydrogen) atoms. The second-order valence-corrected chi connectivity index (χ2v) is 4.64. The molecule has 1 aromatic heterocycles. The van der Waals surface area contributed by atoms with Crippen molar-refractivity contribution in [3.05, 3.63) is 10.6 Å². The quantitative estimate of drug-likeness (QED) is 0.818. The van der Waals surface area contributed by atoms with Crippen molar-refractivity contribution >= 4 is 22.4 Å². The van der Waals surface area contributed by atoms with Crippen LogP contribution in [0.2, 0.25) is 0 Å². The Hall–Kier alpha value is -1.18. The minimum absolute atomic E-state index is 0.126. The van der Waals surface area contributed by atoms with E-state index >= 15 is 0 Å². The van der Waals surface area contributed by atoms with Gasteiger partial charge in [0, 0.05) is 18.0 Å². The lowest BCUT2D eigenvalue weighted by atomic mass is 10.4. The number of nitrogens with zero attached hydrogens (tertiary/aromatic N) is 2. The lowest BCUT2D eigenvalue weighted by molar-refractivity contribution is 0.0496. The molecule has 0 spiro atoms. The van der Waals surface area contributed by atoms with E-state index in [1.807, 2.05) is 5.01 Å². The van der Waals surface area contributed by atoms with Gasteiger partial charge < -0.3 is 9.84 Å². The zero-order chi connectivity index (χ0) is 11.5. The first-order valence-corrected chi connectivity index (χ1v) is 5.78. The summed E-state index contributed by atoms with van der Waals surface area (Å²) in [5, 5.41) is 11.5. The molecule has 0 amide bonds. The molecular weight excluding hydrogens is 230 g/mol. The van der Waals surface area contributed by atoms with Gasteiger partial charge >= 0.3 is 5.97 Å². The molecular formula is C9H13N3O3S. The summed E-state index contributed by atoms with van der Waals surface area (Å²) in [5.74, 6) is -0.983. The number of rotatable bonds is 3. The second kappa shape index (κ2) is 4.77. The number of hydrogen-bond acceptors (Lipinski definition) is 6. The number of aromatic nitrogens is 1. The fourth-order valence-corrected chi connectivity index (χ4v) is 2.28. The van der Waals surface area contributed by atoms with Crippen LogP contribution in [0.5, 0.6) is 0 Å². The molecule has 1 saturated heterocycles. The number of carbonyl (C=O) groups is 1. The summed E-state index contributed by atoms with van der Waals surface area (Å²) in [5.41, 5.74) is 3.22. The third-order valence-electron chi connectivity index (χ3n) is 2.26. The first kappa shape index (κ1) is 11.3. The highest BCUT2D eigenvalue weighted by molar-refractivity contribution is 7.15. The number of anilines is 1. The number of hydrogen-bond donors (Lipinski definition) is 2. The number of hydrazine groups is 1. The standard InChI is InChI=1S/C9H13N3O3S/c1-6-7(8(13)14)10-9(16-6)11-12-2-4-15-5-3-12/h2-5H2,1H3,(H,10,11)(H,13,14). The molecule has 1 fully saturated rings. The predicted molar refractivity (Wildman–Crippen MR) is 59.8 cm³/mol. The monoisotopic (exact) mass is 243 g/mol. The first-order valence-electron chi connectivity index (χ1n) is 4.97. The van der Waals surface area contributed by atoms with Gasteiger partial charge in [-0.25, -0.2) is 14.8 Å². The maximum absolute atomic E-state index is 10.8. The zero-order valence-electron chi connectivity index (χ0n) is 8.89. The minimum atomic E-state index is -0.983. The van der Waals surface area contributed by atoms with E-state index in [2.05, 4.69) is 10.4 Å². The molecule has 0 aliphatic carbocycles. The van der Waals surface area contributed by atoms with E-state index in [4.69, 9.17) is 9.84 Å². The number of morpholine rings is 1. The van der Waals surface area contributed by atoms with E-state index in [-0.39, 0.29) is 5.69 Å². The van der Waals surface area contributed by atoms with Crippen molar-refractivity contribution < 1.29 is 14.6 Å². The molecule has 0 radical (unpaired) electrons. The van der Waals surface area contributed by atoms with E-state index < -0.39 is 5.97 Å². The predicted octanol–water partition coefficient (Wildman–Crippen LogP) is 0.809. The highest BCUT2D eigenvalue weighted by Gasteiger charge is 2.16. The van der Waals surface area contributed by atoms with Crippen LogP contribution in [0.3, 0.4) is 0 Å². The summed E-state index contributed by atoms with van der Waals surface area (Å²) < 4.78 is 5.21. The number of ether oxygens (including phenoxy) is 1. The summed E-state index contributed by atoms with van der Waals surface area (Å²) in [7, 11) is 0. The maximum Gasteiger partial charge on any atom is 0.355 e. The van der Waals surface area contributed by atoms with Crippen molar-refractivity contribution in [3.8, 4) is 0 Å². The van der Waals surface area contributed by atoms with Gasteiger partial charge in [0.05, 0.1) is 13.2 Å². The number of carboxylic acid groups (broad SMARTS) is 1. The number of carboxylic acids is 1. The van der Waals surface area contributed by atoms with Crippen molar-refractivity contribution in [2.24, 2.45) is 0 Å². The molecule has 2 heterocycles. The van der Waals surface area contributed by atoms with Crippen molar-refractivity contribution in [2.45, 2.75) is 6.92 Å². The molecule has 0 bridgehead atoms. The van der Waals surface area contributed by atoms with Crippen LogP contribution in [0.25, 0.3) is 0 Å². The van der Waals surface area contributed by atoms with Crippen LogP contribution in [0.1, 0.15) is 15.4 Å². The molecule has 6 nitrogen and oxygen atoms in total. The van der Waals surface area contributed by atoms with Crippen LogP contribution in [-0.2, 0) is 4.74 Å². The lowest BCUT2D eigenvalue weighted by Gasteiger charge is -2.26. The van der Waals surface area contributed by atoms with Crippen molar-refractivity contribution in [2.75, 3.05) is 31.7 Å². The van der Waals surface area contributed by atoms with Crippen molar-refractivity contribution in [3.63, 3.8) is 0 Å². The third-order valence-corrected chi connectivity index (χ3v) is 3.14. The molecule has 0 unspecified atom stereocenters. The van der Waals surface area contributed by atoms with Gasteiger partial charge in [0.25, 0.3) is 0 Å². The zero-order valence-corrected chi connectivity index (χ0v) is 9.71. The second-order valence-electron chi connectivity index (χ2n) is 3.44. The molecule has 2 N–H and O–H groups in total. The Bertz CT molecular complexity index is 387. The Balaban J connectivity index is 2.03. The summed E-state index contributed by atoms with van der Waals surface area (Å²) in [6.45, 7) is 4.68. The molecule has 1 aliphatic rings. The van der Waals surface area contributed by atoms with E-state index in [1.54, 1.807) is 6.92 Å². The highest BCUT2D eigenvalue weighted by atomic mass is 32.1. The van der Waals surface area contributed by atoms with E-state index in [0.717, 1.165) is 13.1 Å². The van der Waals surface area contributed by atoms with Crippen LogP contribution in [-0.4, -0.2) is 47.4 Å². The van der Waals surface area contributed by atoms with Gasteiger partial charge in [0.1, 0.15) is 0 Å². The van der Waals surface area contributed by atoms with Gasteiger partial charge in [0.15, 0.2) is 10.8 Å². The topological polar surface area (TPSA) is 74.7 Å². The van der Waals surface area contributed by atoms with Crippen LogP contribution in [0.4, 0.5) is 5.13 Å². The van der Waals surface area contributed by atoms with E-state index in [1.165, 1.54) is 11.3 Å². The van der Waals surface area contributed by atoms with E-state index in [9.17, 15) is 4.79 Å². The average Bonchev–Trinajstić information content (AvgIpc) is 2.61. The summed E-state index contributed by atoms with van der Waals surface area (Å²) >= 11 is 1.35. The Kier molecular flexibility index (Phi) is 3.37. The number of thiazole rings is 1. The third kappa shape index (κ3) is 2.49. The molecule has 1 aliphatic heterocycles. The van der Waals surface area contributed by atoms with Gasteiger partial charge in [-0.05, 0) is 6.92 Å². The Morgan fingerprint density at radius 3 is 2.81 bits per heavy atom. The smallest absolute Gasteiger partial charge is 0.355 e. The average molecular weight is 243 g/mol. The van der Waals surface area contributed by atoms with Crippen molar-refractivity contribution in [1.29, 1.82) is 0 Å². The van der Waals surface area contributed by atoms with Gasteiger partial charge in [-0.2, -0.15) is 0 Å². The fraction of sp³-hybridized carbons (Fsp3) is 0.556. The highest BCUT2D eigenvalue weighted by Crippen LogP contribution is 2.22. The van der Waals surface area contributed by atoms with Crippen LogP contribution in [0.15, 0.2) is 0 Å². The molecule has 7 heteroatoms. The number of aromatic carboxylic acids is 1. The Morgan fingerprint density at radius 1 is 1.56 bits per heavy atom. The largest absolute Gasteiger partial charge is 0.476 e. The van der Waals surface area contributed by atoms with Gasteiger partial charge in [0.2, 0.25) is 0 Å². The maximum atomic E-state index is 10.8. The normalized spacial score (nSPS) is 17.3. The lowest BCUT2D eigenvalue weighted by Crippen LogP contribution is -2.40. The number of nitrogens with one attached hydrogen (secondary N) is 1. The first-order chi connectivity index (χ1) is 7.66. The molecule has 0 atom stereocenters. The van der Waals surface area contributed by atoms with Gasteiger partial charge in [-0.1, -0.05) is 0 Å². The SMILES string of the molecule is Cc1sc(NN2CCOCC2)nc1C(=O)O. The minimum Gasteiger partial charge on any atom is -0.476 e. The van der Waals surface area contributed by atoms with Gasteiger partial charge in [-0.15, -0.1) is 11.3 Å². The number of aryl methyl sites for hydroxylation is 1. The summed E-state index contributed by atoms with van der Waals surface area (Å²) in [6.07, 6.45) is 0. The summed E-state index contributed by atoms with van der Waals surface area (Å²) in [6, 6.07) is 0. The molecule has 0 aromatic carbocycles. The van der Waals surface area contributed by atoms with E-state index in [0.29, 0.717) is 23.2 Å². The molecule has 1 aromatic rings. The molecule has 2 rings (SSSR count). The Labute approximate surface area is 96.8 Å². The van der Waals surface area contributed by atoms with Crippen LogP contribution < -0.4 is 5.43 Å². The van der Waals surface area contributed by atoms with Gasteiger partial charge in [-0.3, -0.25) is 5.43 Å². The van der Waals surface area contributed by atoms with Crippen LogP contribution in [0, 0.1) is 6.92 Å².